The van der Waals surface area contributed by atoms with Gasteiger partial charge in [0.2, 0.25) is 0 Å². The van der Waals surface area contributed by atoms with Gasteiger partial charge in [-0.05, 0) is 17.7 Å². The highest BCUT2D eigenvalue weighted by Crippen LogP contribution is 2.36. The lowest BCUT2D eigenvalue weighted by Gasteiger charge is -2.14. The molecule has 0 aliphatic heterocycles. The Morgan fingerprint density at radius 1 is 0.905 bits per heavy atom. The molecule has 112 valence electrons. The molecule has 2 nitrogen and oxygen atoms in total. The molecule has 0 radical (unpaired) electrons. The van der Waals surface area contributed by atoms with E-state index in [1.807, 2.05) is 0 Å². The van der Waals surface area contributed by atoms with Crippen molar-refractivity contribution in [3.63, 3.8) is 0 Å². The summed E-state index contributed by atoms with van der Waals surface area (Å²) < 4.78 is 50.9. The second kappa shape index (κ2) is 6.26. The molecule has 1 atom stereocenters. The molecule has 0 aliphatic carbocycles. The summed E-state index contributed by atoms with van der Waals surface area (Å²) in [5, 5.41) is -1.12. The molecule has 0 aromatic heterocycles. The molecule has 0 bridgehead atoms. The predicted octanol–water partition coefficient (Wildman–Crippen LogP) is 4.45. The zero-order valence-electron chi connectivity index (χ0n) is 11.3. The minimum Gasteiger partial charge on any atom is -0.497 e. The van der Waals surface area contributed by atoms with Gasteiger partial charge in [-0.2, -0.15) is 0 Å². The van der Waals surface area contributed by atoms with E-state index in [9.17, 15) is 13.2 Å². The fourth-order valence-electron chi connectivity index (χ4n) is 1.92. The van der Waals surface area contributed by atoms with Gasteiger partial charge in [-0.3, -0.25) is 0 Å². The number of methoxy groups -OCH3 is 2. The quantitative estimate of drug-likeness (QED) is 0.776. The molecule has 0 spiro atoms. The van der Waals surface area contributed by atoms with Crippen molar-refractivity contribution in [2.24, 2.45) is 0 Å². The first-order valence-corrected chi connectivity index (χ1v) is 6.42. The van der Waals surface area contributed by atoms with Crippen LogP contribution in [0.2, 0.25) is 0 Å². The minimum atomic E-state index is -1.12. The highest BCUT2D eigenvalue weighted by Gasteiger charge is 2.22. The Morgan fingerprint density at radius 2 is 1.52 bits per heavy atom. The SMILES string of the molecule is COc1cc(F)c(C(Cl)c2ccc(F)c(OC)c2)c(F)c1. The number of benzene rings is 2. The summed E-state index contributed by atoms with van der Waals surface area (Å²) in [5.74, 6) is -2.26. The zero-order valence-corrected chi connectivity index (χ0v) is 12.0. The van der Waals surface area contributed by atoms with Gasteiger partial charge in [0.05, 0.1) is 19.6 Å². The molecule has 0 amide bonds. The average molecular weight is 317 g/mol. The number of alkyl halides is 1. The van der Waals surface area contributed by atoms with Crippen molar-refractivity contribution in [2.75, 3.05) is 14.2 Å². The summed E-state index contributed by atoms with van der Waals surface area (Å²) in [6.45, 7) is 0. The first-order valence-electron chi connectivity index (χ1n) is 5.98. The van der Waals surface area contributed by atoms with Crippen molar-refractivity contribution in [1.82, 2.24) is 0 Å². The van der Waals surface area contributed by atoms with Crippen molar-refractivity contribution in [3.8, 4) is 11.5 Å². The highest BCUT2D eigenvalue weighted by molar-refractivity contribution is 6.22. The van der Waals surface area contributed by atoms with E-state index in [1.54, 1.807) is 0 Å². The fraction of sp³-hybridized carbons (Fsp3) is 0.200. The lowest BCUT2D eigenvalue weighted by Crippen LogP contribution is -2.03. The molecule has 0 heterocycles. The summed E-state index contributed by atoms with van der Waals surface area (Å²) in [7, 11) is 2.59. The maximum atomic E-state index is 14.0. The van der Waals surface area contributed by atoms with Gasteiger partial charge < -0.3 is 9.47 Å². The number of ether oxygens (including phenoxy) is 2. The van der Waals surface area contributed by atoms with Crippen molar-refractivity contribution >= 4 is 11.6 Å². The third-order valence-electron chi connectivity index (χ3n) is 3.01. The third kappa shape index (κ3) is 3.08. The van der Waals surface area contributed by atoms with E-state index in [0.717, 1.165) is 18.2 Å². The molecule has 2 rings (SSSR count). The third-order valence-corrected chi connectivity index (χ3v) is 3.48. The normalized spacial score (nSPS) is 12.1. The van der Waals surface area contributed by atoms with Crippen LogP contribution in [0.4, 0.5) is 13.2 Å². The van der Waals surface area contributed by atoms with Gasteiger partial charge in [0.15, 0.2) is 11.6 Å². The molecule has 0 N–H and O–H groups in total. The van der Waals surface area contributed by atoms with E-state index >= 15 is 0 Å². The summed E-state index contributed by atoms with van der Waals surface area (Å²) in [6.07, 6.45) is 0. The van der Waals surface area contributed by atoms with Gasteiger partial charge in [-0.15, -0.1) is 11.6 Å². The first-order chi connectivity index (χ1) is 9.97. The molecule has 0 saturated heterocycles. The predicted molar refractivity (Wildman–Crippen MR) is 73.6 cm³/mol. The summed E-state index contributed by atoms with van der Waals surface area (Å²) >= 11 is 6.12. The number of rotatable bonds is 4. The molecule has 1 unspecified atom stereocenters. The summed E-state index contributed by atoms with van der Waals surface area (Å²) in [5.41, 5.74) is -0.0102. The van der Waals surface area contributed by atoms with Crippen molar-refractivity contribution in [2.45, 2.75) is 5.38 Å². The lowest BCUT2D eigenvalue weighted by atomic mass is 10.0. The van der Waals surface area contributed by atoms with Crippen LogP contribution in [0.5, 0.6) is 11.5 Å². The maximum Gasteiger partial charge on any atom is 0.165 e. The van der Waals surface area contributed by atoms with Crippen LogP contribution < -0.4 is 9.47 Å². The number of hydrogen-bond donors (Lipinski definition) is 0. The van der Waals surface area contributed by atoms with Crippen LogP contribution in [0.3, 0.4) is 0 Å². The molecular weight excluding hydrogens is 305 g/mol. The molecule has 21 heavy (non-hydrogen) atoms. The lowest BCUT2D eigenvalue weighted by molar-refractivity contribution is 0.386. The second-order valence-electron chi connectivity index (χ2n) is 4.26. The van der Waals surface area contributed by atoms with Crippen LogP contribution in [0.1, 0.15) is 16.5 Å². The minimum absolute atomic E-state index is 0.0486. The molecular formula is C15H12ClF3O2. The van der Waals surface area contributed by atoms with Gasteiger partial charge in [0.25, 0.3) is 0 Å². The van der Waals surface area contributed by atoms with E-state index in [2.05, 4.69) is 0 Å². The van der Waals surface area contributed by atoms with Crippen molar-refractivity contribution in [3.05, 3.63) is 58.9 Å². The van der Waals surface area contributed by atoms with E-state index in [4.69, 9.17) is 21.1 Å². The van der Waals surface area contributed by atoms with E-state index < -0.39 is 22.8 Å². The van der Waals surface area contributed by atoms with Crippen LogP contribution in [0, 0.1) is 17.5 Å². The van der Waals surface area contributed by atoms with E-state index in [-0.39, 0.29) is 17.1 Å². The first kappa shape index (κ1) is 15.5. The van der Waals surface area contributed by atoms with Crippen LogP contribution in [-0.4, -0.2) is 14.2 Å². The smallest absolute Gasteiger partial charge is 0.165 e. The Bertz CT molecular complexity index is 638. The van der Waals surface area contributed by atoms with Gasteiger partial charge in [0, 0.05) is 17.7 Å². The van der Waals surface area contributed by atoms with Gasteiger partial charge in [-0.1, -0.05) is 6.07 Å². The fourth-order valence-corrected chi connectivity index (χ4v) is 2.27. The van der Waals surface area contributed by atoms with Crippen molar-refractivity contribution < 1.29 is 22.6 Å². The number of halogens is 4. The standard InChI is InChI=1S/C15H12ClF3O2/c1-20-9-6-11(18)14(12(19)7-9)15(16)8-3-4-10(17)13(5-8)21-2/h3-7,15H,1-2H3. The average Bonchev–Trinajstić information content (AvgIpc) is 2.46. The Labute approximate surface area is 125 Å². The van der Waals surface area contributed by atoms with Crippen LogP contribution >= 0.6 is 11.6 Å². The molecule has 0 saturated carbocycles. The van der Waals surface area contributed by atoms with Crippen LogP contribution in [-0.2, 0) is 0 Å². The molecule has 2 aromatic carbocycles. The summed E-state index contributed by atoms with van der Waals surface area (Å²) in [6, 6.07) is 5.85. The van der Waals surface area contributed by atoms with Gasteiger partial charge >= 0.3 is 0 Å². The highest BCUT2D eigenvalue weighted by atomic mass is 35.5. The maximum absolute atomic E-state index is 14.0. The van der Waals surface area contributed by atoms with Crippen LogP contribution in [0.25, 0.3) is 0 Å². The van der Waals surface area contributed by atoms with Gasteiger partial charge in [-0.25, -0.2) is 13.2 Å². The Hall–Kier alpha value is -1.88. The molecule has 0 aliphatic rings. The molecule has 6 heteroatoms. The second-order valence-corrected chi connectivity index (χ2v) is 4.70. The largest absolute Gasteiger partial charge is 0.497 e. The topological polar surface area (TPSA) is 18.5 Å². The Balaban J connectivity index is 2.47. The molecule has 2 aromatic rings. The van der Waals surface area contributed by atoms with Crippen LogP contribution in [0.15, 0.2) is 30.3 Å². The van der Waals surface area contributed by atoms with Crippen molar-refractivity contribution in [1.29, 1.82) is 0 Å². The van der Waals surface area contributed by atoms with Gasteiger partial charge in [0.1, 0.15) is 17.4 Å². The Kier molecular flexibility index (Phi) is 4.63. The van der Waals surface area contributed by atoms with E-state index in [0.29, 0.717) is 5.56 Å². The zero-order chi connectivity index (χ0) is 15.6. The monoisotopic (exact) mass is 316 g/mol. The van der Waals surface area contributed by atoms with E-state index in [1.165, 1.54) is 26.4 Å². The number of hydrogen-bond acceptors (Lipinski definition) is 2. The summed E-state index contributed by atoms with van der Waals surface area (Å²) in [4.78, 5) is 0. The molecule has 0 fully saturated rings. The Morgan fingerprint density at radius 3 is 2.05 bits per heavy atom.